The molecule has 17 heavy (non-hydrogen) atoms. The third-order valence-corrected chi connectivity index (χ3v) is 2.95. The van der Waals surface area contributed by atoms with E-state index in [0.29, 0.717) is 0 Å². The number of nitrogens with zero attached hydrogens (tertiary/aromatic N) is 2. The molecule has 1 heterocycles. The normalized spacial score (nSPS) is 15.5. The number of ether oxygens (including phenoxy) is 1. The summed E-state index contributed by atoms with van der Waals surface area (Å²) in [4.78, 5) is 12.0. The third kappa shape index (κ3) is 2.51. The summed E-state index contributed by atoms with van der Waals surface area (Å²) in [6.07, 6.45) is 3.91. The summed E-state index contributed by atoms with van der Waals surface area (Å²) in [6.45, 7) is 7.57. The average Bonchev–Trinajstić information content (AvgIpc) is 2.55. The zero-order valence-electron chi connectivity index (χ0n) is 11.0. The van der Waals surface area contributed by atoms with Crippen molar-refractivity contribution in [3.05, 3.63) is 17.0 Å². The second-order valence-electron chi connectivity index (χ2n) is 5.61. The molecule has 0 spiro atoms. The van der Waals surface area contributed by atoms with Crippen LogP contribution in [0.4, 0.5) is 4.79 Å². The van der Waals surface area contributed by atoms with Crippen molar-refractivity contribution in [2.24, 2.45) is 0 Å². The monoisotopic (exact) mass is 236 g/mol. The maximum absolute atomic E-state index is 12.0. The van der Waals surface area contributed by atoms with E-state index >= 15 is 0 Å². The first kappa shape index (κ1) is 12.1. The maximum Gasteiger partial charge on any atom is 0.435 e. The van der Waals surface area contributed by atoms with Crippen molar-refractivity contribution in [1.29, 1.82) is 0 Å². The fraction of sp³-hybridized carbons (Fsp3) is 0.692. The zero-order valence-corrected chi connectivity index (χ0v) is 11.0. The van der Waals surface area contributed by atoms with Crippen molar-refractivity contribution < 1.29 is 9.53 Å². The lowest BCUT2D eigenvalue weighted by Crippen LogP contribution is -2.29. The Morgan fingerprint density at radius 3 is 2.59 bits per heavy atom. The van der Waals surface area contributed by atoms with Crippen LogP contribution in [-0.2, 0) is 17.6 Å². The minimum absolute atomic E-state index is 0.358. The van der Waals surface area contributed by atoms with Gasteiger partial charge >= 0.3 is 6.09 Å². The lowest BCUT2D eigenvalue weighted by molar-refractivity contribution is 0.0508. The summed E-state index contributed by atoms with van der Waals surface area (Å²) in [5.41, 5.74) is 2.77. The van der Waals surface area contributed by atoms with Gasteiger partial charge < -0.3 is 4.74 Å². The Balaban J connectivity index is 2.30. The van der Waals surface area contributed by atoms with E-state index in [2.05, 4.69) is 5.10 Å². The quantitative estimate of drug-likeness (QED) is 0.695. The van der Waals surface area contributed by atoms with Gasteiger partial charge in [-0.1, -0.05) is 0 Å². The van der Waals surface area contributed by atoms with Crippen LogP contribution in [-0.4, -0.2) is 21.5 Å². The number of aromatic nitrogens is 2. The van der Waals surface area contributed by atoms with Gasteiger partial charge in [0.2, 0.25) is 0 Å². The summed E-state index contributed by atoms with van der Waals surface area (Å²) in [7, 11) is 0. The van der Waals surface area contributed by atoms with Crippen molar-refractivity contribution in [3.8, 4) is 0 Å². The van der Waals surface area contributed by atoms with Gasteiger partial charge in [-0.3, -0.25) is 0 Å². The van der Waals surface area contributed by atoms with E-state index in [4.69, 9.17) is 4.74 Å². The largest absolute Gasteiger partial charge is 0.442 e. The van der Waals surface area contributed by atoms with E-state index in [-0.39, 0.29) is 6.09 Å². The van der Waals surface area contributed by atoms with Crippen molar-refractivity contribution in [2.75, 3.05) is 0 Å². The number of carbonyl (C=O) groups is 1. The van der Waals surface area contributed by atoms with Crippen LogP contribution in [0, 0.1) is 6.92 Å². The summed E-state index contributed by atoms with van der Waals surface area (Å²) >= 11 is 0. The van der Waals surface area contributed by atoms with Crippen LogP contribution >= 0.6 is 0 Å². The maximum atomic E-state index is 12.0. The van der Waals surface area contributed by atoms with E-state index in [9.17, 15) is 4.79 Å². The van der Waals surface area contributed by atoms with Crippen LogP contribution < -0.4 is 0 Å². The van der Waals surface area contributed by atoms with Gasteiger partial charge in [0.15, 0.2) is 0 Å². The Bertz CT molecular complexity index is 441. The van der Waals surface area contributed by atoms with Crippen LogP contribution in [0.15, 0.2) is 0 Å². The van der Waals surface area contributed by atoms with Gasteiger partial charge in [-0.2, -0.15) is 9.78 Å². The molecule has 0 atom stereocenters. The van der Waals surface area contributed by atoms with Gasteiger partial charge in [-0.25, -0.2) is 4.79 Å². The SMILES string of the molecule is Cc1nn(C(=O)OC(C)(C)C)c2c1CCCC2. The molecule has 0 unspecified atom stereocenters. The minimum Gasteiger partial charge on any atom is -0.442 e. The molecule has 0 radical (unpaired) electrons. The van der Waals surface area contributed by atoms with Crippen molar-refractivity contribution in [2.45, 2.75) is 59.0 Å². The Morgan fingerprint density at radius 1 is 1.29 bits per heavy atom. The number of aryl methyl sites for hydroxylation is 1. The summed E-state index contributed by atoms with van der Waals surface area (Å²) in [5, 5.41) is 4.32. The molecule has 4 nitrogen and oxygen atoms in total. The molecule has 2 rings (SSSR count). The van der Waals surface area contributed by atoms with Gasteiger partial charge in [-0.05, 0) is 58.9 Å². The molecule has 1 aliphatic carbocycles. The van der Waals surface area contributed by atoms with E-state index in [0.717, 1.165) is 30.7 Å². The number of hydrogen-bond donors (Lipinski definition) is 0. The highest BCUT2D eigenvalue weighted by molar-refractivity contribution is 5.71. The molecule has 1 aliphatic rings. The van der Waals surface area contributed by atoms with Crippen LogP contribution in [0.2, 0.25) is 0 Å². The summed E-state index contributed by atoms with van der Waals surface area (Å²) in [5.74, 6) is 0. The highest BCUT2D eigenvalue weighted by Crippen LogP contribution is 2.24. The highest BCUT2D eigenvalue weighted by atomic mass is 16.6. The molecule has 1 aromatic heterocycles. The van der Waals surface area contributed by atoms with E-state index in [1.54, 1.807) is 0 Å². The first-order valence-electron chi connectivity index (χ1n) is 6.19. The molecule has 0 bridgehead atoms. The molecule has 0 saturated carbocycles. The lowest BCUT2D eigenvalue weighted by atomic mass is 9.96. The first-order valence-corrected chi connectivity index (χ1v) is 6.19. The van der Waals surface area contributed by atoms with Crippen molar-refractivity contribution >= 4 is 6.09 Å². The number of carbonyl (C=O) groups excluding carboxylic acids is 1. The average molecular weight is 236 g/mol. The molecular formula is C13H20N2O2. The summed E-state index contributed by atoms with van der Waals surface area (Å²) in [6, 6.07) is 0. The predicted octanol–water partition coefficient (Wildman–Crippen LogP) is 2.85. The smallest absolute Gasteiger partial charge is 0.435 e. The van der Waals surface area contributed by atoms with Gasteiger partial charge in [0, 0.05) is 0 Å². The molecule has 0 aromatic carbocycles. The standard InChI is InChI=1S/C13H20N2O2/c1-9-10-7-5-6-8-11(10)15(14-9)12(16)17-13(2,3)4/h5-8H2,1-4H3. The lowest BCUT2D eigenvalue weighted by Gasteiger charge is -2.20. The molecule has 4 heteroatoms. The Hall–Kier alpha value is -1.32. The van der Waals surface area contributed by atoms with Crippen LogP contribution in [0.25, 0.3) is 0 Å². The number of fused-ring (bicyclic) bond motifs is 1. The van der Waals surface area contributed by atoms with E-state index in [1.165, 1.54) is 16.7 Å². The Morgan fingerprint density at radius 2 is 1.94 bits per heavy atom. The molecule has 0 amide bonds. The van der Waals surface area contributed by atoms with Crippen LogP contribution in [0.1, 0.15) is 50.6 Å². The van der Waals surface area contributed by atoms with Crippen molar-refractivity contribution in [3.63, 3.8) is 0 Å². The first-order chi connectivity index (χ1) is 7.88. The predicted molar refractivity (Wildman–Crippen MR) is 65.2 cm³/mol. The Labute approximate surface area is 102 Å². The Kier molecular flexibility index (Phi) is 2.98. The molecular weight excluding hydrogens is 216 g/mol. The second kappa shape index (κ2) is 4.17. The number of rotatable bonds is 0. The van der Waals surface area contributed by atoms with Crippen LogP contribution in [0.5, 0.6) is 0 Å². The molecule has 0 N–H and O–H groups in total. The highest BCUT2D eigenvalue weighted by Gasteiger charge is 2.25. The van der Waals surface area contributed by atoms with Gasteiger partial charge in [-0.15, -0.1) is 0 Å². The fourth-order valence-corrected chi connectivity index (χ4v) is 2.24. The topological polar surface area (TPSA) is 44.1 Å². The number of hydrogen-bond acceptors (Lipinski definition) is 3. The molecule has 1 aromatic rings. The van der Waals surface area contributed by atoms with Gasteiger partial charge in [0.1, 0.15) is 5.60 Å². The summed E-state index contributed by atoms with van der Waals surface area (Å²) < 4.78 is 6.82. The van der Waals surface area contributed by atoms with Gasteiger partial charge in [0.05, 0.1) is 11.4 Å². The van der Waals surface area contributed by atoms with Crippen LogP contribution in [0.3, 0.4) is 0 Å². The van der Waals surface area contributed by atoms with E-state index in [1.807, 2.05) is 27.7 Å². The molecule has 0 saturated heterocycles. The minimum atomic E-state index is -0.474. The zero-order chi connectivity index (χ0) is 12.6. The fourth-order valence-electron chi connectivity index (χ4n) is 2.24. The molecule has 94 valence electrons. The van der Waals surface area contributed by atoms with E-state index < -0.39 is 5.60 Å². The molecule has 0 aliphatic heterocycles. The molecule has 0 fully saturated rings. The van der Waals surface area contributed by atoms with Gasteiger partial charge in [0.25, 0.3) is 0 Å². The van der Waals surface area contributed by atoms with Crippen molar-refractivity contribution in [1.82, 2.24) is 9.78 Å². The third-order valence-electron chi connectivity index (χ3n) is 2.95. The second-order valence-corrected chi connectivity index (χ2v) is 5.61.